The van der Waals surface area contributed by atoms with Gasteiger partial charge in [0.05, 0.1) is 36.5 Å². The van der Waals surface area contributed by atoms with Gasteiger partial charge >= 0.3 is 23.9 Å². The Morgan fingerprint density at radius 2 is 0.700 bits per heavy atom. The van der Waals surface area contributed by atoms with E-state index in [4.69, 9.17) is 28.4 Å². The van der Waals surface area contributed by atoms with E-state index in [1.807, 2.05) is 20.8 Å². The summed E-state index contributed by atoms with van der Waals surface area (Å²) in [5, 5.41) is 0. The highest BCUT2D eigenvalue weighted by Crippen LogP contribution is 2.35. The Morgan fingerprint density at radius 3 is 1.04 bits per heavy atom. The number of ether oxygens (including phenoxy) is 6. The van der Waals surface area contributed by atoms with Crippen molar-refractivity contribution in [3.8, 4) is 34.5 Å². The van der Waals surface area contributed by atoms with Gasteiger partial charge in [-0.1, -0.05) is 20.8 Å². The van der Waals surface area contributed by atoms with Gasteiger partial charge < -0.3 is 28.4 Å². The highest BCUT2D eigenvalue weighted by Gasteiger charge is 2.23. The minimum absolute atomic E-state index is 0.236. The lowest BCUT2D eigenvalue weighted by molar-refractivity contribution is 0.0714. The molecule has 0 unspecified atom stereocenters. The molecule has 5 aromatic rings. The van der Waals surface area contributed by atoms with Gasteiger partial charge in [-0.2, -0.15) is 0 Å². The highest BCUT2D eigenvalue weighted by atomic mass is 16.5. The Morgan fingerprint density at radius 1 is 0.400 bits per heavy atom. The standard InChI is InChI=1S/C40H34O10/c1-40(2,3)34-24-33(49-38(43)27-10-18-31(19-11-27)47-36(41)25-6-14-29(45-4)15-7-25)22-23-35(34)50-39(44)28-12-20-32(21-13-28)48-37(42)26-8-16-30(46-5)17-9-26/h6-24H,1-5H3. The topological polar surface area (TPSA) is 124 Å². The molecule has 50 heavy (non-hydrogen) atoms. The van der Waals surface area contributed by atoms with E-state index in [9.17, 15) is 19.2 Å². The van der Waals surface area contributed by atoms with Gasteiger partial charge in [0.25, 0.3) is 0 Å². The van der Waals surface area contributed by atoms with E-state index in [1.54, 1.807) is 60.7 Å². The quantitative estimate of drug-likeness (QED) is 0.107. The highest BCUT2D eigenvalue weighted by molar-refractivity contribution is 5.94. The van der Waals surface area contributed by atoms with Crippen LogP contribution >= 0.6 is 0 Å². The predicted molar refractivity (Wildman–Crippen MR) is 184 cm³/mol. The molecule has 0 fully saturated rings. The zero-order valence-electron chi connectivity index (χ0n) is 28.1. The van der Waals surface area contributed by atoms with Crippen molar-refractivity contribution in [2.75, 3.05) is 14.2 Å². The van der Waals surface area contributed by atoms with Gasteiger partial charge in [-0.3, -0.25) is 0 Å². The molecule has 10 nitrogen and oxygen atoms in total. The van der Waals surface area contributed by atoms with E-state index in [1.165, 1.54) is 68.8 Å². The average molecular weight is 675 g/mol. The summed E-state index contributed by atoms with van der Waals surface area (Å²) < 4.78 is 32.4. The van der Waals surface area contributed by atoms with E-state index in [-0.39, 0.29) is 28.4 Å². The average Bonchev–Trinajstić information content (AvgIpc) is 3.12. The van der Waals surface area contributed by atoms with Gasteiger partial charge in [0.2, 0.25) is 0 Å². The minimum Gasteiger partial charge on any atom is -0.497 e. The first kappa shape index (κ1) is 34.9. The molecule has 0 amide bonds. The van der Waals surface area contributed by atoms with Crippen molar-refractivity contribution < 1.29 is 47.6 Å². The number of carbonyl (C=O) groups excluding carboxylic acids is 4. The number of carbonyl (C=O) groups is 4. The molecule has 0 aromatic heterocycles. The molecule has 0 spiro atoms. The van der Waals surface area contributed by atoms with E-state index >= 15 is 0 Å². The molecule has 0 atom stereocenters. The van der Waals surface area contributed by atoms with Crippen LogP contribution < -0.4 is 28.4 Å². The van der Waals surface area contributed by atoms with Crippen molar-refractivity contribution in [3.63, 3.8) is 0 Å². The molecule has 0 radical (unpaired) electrons. The SMILES string of the molecule is COc1ccc(C(=O)Oc2ccc(C(=O)Oc3ccc(OC(=O)c4ccc(OC(=O)c5ccc(OC)cc5)cc4)c(C(C)(C)C)c3)cc2)cc1. The van der Waals surface area contributed by atoms with Gasteiger partial charge in [-0.25, -0.2) is 19.2 Å². The number of hydrogen-bond acceptors (Lipinski definition) is 10. The van der Waals surface area contributed by atoms with Crippen LogP contribution in [-0.2, 0) is 5.41 Å². The molecular weight excluding hydrogens is 640 g/mol. The van der Waals surface area contributed by atoms with Crippen molar-refractivity contribution in [3.05, 3.63) is 143 Å². The largest absolute Gasteiger partial charge is 0.497 e. The zero-order valence-corrected chi connectivity index (χ0v) is 28.1. The molecule has 0 aliphatic heterocycles. The maximum absolute atomic E-state index is 13.1. The van der Waals surface area contributed by atoms with Crippen molar-refractivity contribution in [2.24, 2.45) is 0 Å². The van der Waals surface area contributed by atoms with Crippen LogP contribution in [0.15, 0.2) is 115 Å². The Kier molecular flexibility index (Phi) is 10.6. The first-order valence-electron chi connectivity index (χ1n) is 15.4. The summed E-state index contributed by atoms with van der Waals surface area (Å²) in [6.07, 6.45) is 0. The van der Waals surface area contributed by atoms with Crippen molar-refractivity contribution in [2.45, 2.75) is 26.2 Å². The van der Waals surface area contributed by atoms with Crippen LogP contribution in [0.25, 0.3) is 0 Å². The van der Waals surface area contributed by atoms with E-state index in [2.05, 4.69) is 0 Å². The third kappa shape index (κ3) is 8.73. The fraction of sp³-hybridized carbons (Fsp3) is 0.150. The molecule has 0 aliphatic carbocycles. The Labute approximate surface area is 289 Å². The molecule has 254 valence electrons. The number of hydrogen-bond donors (Lipinski definition) is 0. The summed E-state index contributed by atoms with van der Waals surface area (Å²) in [6.45, 7) is 5.80. The van der Waals surface area contributed by atoms with Gasteiger partial charge in [-0.15, -0.1) is 0 Å². The summed E-state index contributed by atoms with van der Waals surface area (Å²) >= 11 is 0. The molecule has 0 aliphatic rings. The summed E-state index contributed by atoms with van der Waals surface area (Å²) in [5.41, 5.74) is 1.30. The van der Waals surface area contributed by atoms with Crippen molar-refractivity contribution in [1.29, 1.82) is 0 Å². The monoisotopic (exact) mass is 674 g/mol. The van der Waals surface area contributed by atoms with Gasteiger partial charge in [-0.05, 0) is 121 Å². The normalized spacial score (nSPS) is 10.8. The van der Waals surface area contributed by atoms with E-state index < -0.39 is 29.3 Å². The van der Waals surface area contributed by atoms with E-state index in [0.29, 0.717) is 33.9 Å². The maximum Gasteiger partial charge on any atom is 0.343 e. The number of benzene rings is 5. The maximum atomic E-state index is 13.1. The lowest BCUT2D eigenvalue weighted by Gasteiger charge is -2.23. The number of esters is 4. The molecule has 10 heteroatoms. The van der Waals surface area contributed by atoms with Gasteiger partial charge in [0.15, 0.2) is 0 Å². The smallest absolute Gasteiger partial charge is 0.343 e. The first-order valence-corrected chi connectivity index (χ1v) is 15.4. The second-order valence-corrected chi connectivity index (χ2v) is 12.0. The molecule has 0 N–H and O–H groups in total. The van der Waals surface area contributed by atoms with Crippen LogP contribution in [0.3, 0.4) is 0 Å². The van der Waals surface area contributed by atoms with Gasteiger partial charge in [0.1, 0.15) is 34.5 Å². The van der Waals surface area contributed by atoms with Gasteiger partial charge in [0, 0.05) is 5.56 Å². The summed E-state index contributed by atoms with van der Waals surface area (Å²) in [6, 6.07) is 29.7. The van der Waals surface area contributed by atoms with E-state index in [0.717, 1.165) is 0 Å². The molecule has 5 aromatic carbocycles. The third-order valence-corrected chi connectivity index (χ3v) is 7.42. The Balaban J connectivity index is 1.21. The zero-order chi connectivity index (χ0) is 35.8. The molecular formula is C40H34O10. The summed E-state index contributed by atoms with van der Waals surface area (Å²) in [4.78, 5) is 51.0. The Hall–Kier alpha value is -6.42. The molecule has 0 saturated heterocycles. The lowest BCUT2D eigenvalue weighted by Crippen LogP contribution is -2.17. The van der Waals surface area contributed by atoms with Crippen LogP contribution in [0.2, 0.25) is 0 Å². The van der Waals surface area contributed by atoms with Crippen molar-refractivity contribution >= 4 is 23.9 Å². The molecule has 0 bridgehead atoms. The fourth-order valence-corrected chi connectivity index (χ4v) is 4.68. The third-order valence-electron chi connectivity index (χ3n) is 7.42. The summed E-state index contributed by atoms with van der Waals surface area (Å²) in [5.74, 6) is -0.0752. The minimum atomic E-state index is -0.629. The van der Waals surface area contributed by atoms with Crippen molar-refractivity contribution in [1.82, 2.24) is 0 Å². The van der Waals surface area contributed by atoms with Crippen LogP contribution in [0.4, 0.5) is 0 Å². The van der Waals surface area contributed by atoms with Crippen LogP contribution in [0, 0.1) is 0 Å². The molecule has 5 rings (SSSR count). The molecule has 0 saturated carbocycles. The van der Waals surface area contributed by atoms with Crippen LogP contribution in [0.1, 0.15) is 67.8 Å². The second kappa shape index (κ2) is 15.2. The number of rotatable bonds is 10. The lowest BCUT2D eigenvalue weighted by atomic mass is 9.86. The number of methoxy groups -OCH3 is 2. The summed E-state index contributed by atoms with van der Waals surface area (Å²) in [7, 11) is 3.07. The predicted octanol–water partition coefficient (Wildman–Crippen LogP) is 7.88. The molecule has 0 heterocycles. The van der Waals surface area contributed by atoms with Crippen LogP contribution in [0.5, 0.6) is 34.5 Å². The van der Waals surface area contributed by atoms with Crippen LogP contribution in [-0.4, -0.2) is 38.1 Å². The second-order valence-electron chi connectivity index (χ2n) is 12.0. The fourth-order valence-electron chi connectivity index (χ4n) is 4.68. The Bertz CT molecular complexity index is 1990. The first-order chi connectivity index (χ1) is 23.9.